The summed E-state index contributed by atoms with van der Waals surface area (Å²) >= 11 is 0. The molecule has 0 saturated heterocycles. The molecule has 0 aliphatic heterocycles. The summed E-state index contributed by atoms with van der Waals surface area (Å²) in [5.74, 6) is -0.600. The van der Waals surface area contributed by atoms with E-state index in [4.69, 9.17) is 4.74 Å². The smallest absolute Gasteiger partial charge is 0.338 e. The number of aromatic nitrogens is 2. The van der Waals surface area contributed by atoms with Gasteiger partial charge >= 0.3 is 5.97 Å². The van der Waals surface area contributed by atoms with E-state index in [-0.39, 0.29) is 23.0 Å². The Bertz CT molecular complexity index is 963. The van der Waals surface area contributed by atoms with Gasteiger partial charge in [-0.1, -0.05) is 19.8 Å². The summed E-state index contributed by atoms with van der Waals surface area (Å²) in [5, 5.41) is 6.99. The molecule has 0 unspecified atom stereocenters. The topological polar surface area (TPSA) is 119 Å². The molecule has 10 heteroatoms. The van der Waals surface area contributed by atoms with E-state index in [9.17, 15) is 18.0 Å². The number of rotatable bonds is 8. The molecule has 0 spiro atoms. The summed E-state index contributed by atoms with van der Waals surface area (Å²) in [6.45, 7) is 1.49. The second-order valence-corrected chi connectivity index (χ2v) is 8.52. The van der Waals surface area contributed by atoms with Crippen LogP contribution in [0.1, 0.15) is 49.0 Å². The molecule has 1 amide bonds. The second-order valence-electron chi connectivity index (χ2n) is 6.75. The molecule has 2 N–H and O–H groups in total. The fourth-order valence-electron chi connectivity index (χ4n) is 3.29. The fraction of sp³-hybridized carbons (Fsp3) is 0.421. The number of ether oxygens (including phenoxy) is 1. The van der Waals surface area contributed by atoms with Crippen LogP contribution in [0.5, 0.6) is 0 Å². The summed E-state index contributed by atoms with van der Waals surface area (Å²) in [4.78, 5) is 24.3. The summed E-state index contributed by atoms with van der Waals surface area (Å²) in [6.07, 6.45) is 5.97. The van der Waals surface area contributed by atoms with Gasteiger partial charge in [-0.25, -0.2) is 22.6 Å². The van der Waals surface area contributed by atoms with Crippen LogP contribution < -0.4 is 10.0 Å². The van der Waals surface area contributed by atoms with Crippen LogP contribution in [0, 0.1) is 0 Å². The van der Waals surface area contributed by atoms with Gasteiger partial charge in [0.1, 0.15) is 5.82 Å². The Morgan fingerprint density at radius 1 is 1.17 bits per heavy atom. The molecule has 2 aromatic rings. The predicted molar refractivity (Wildman–Crippen MR) is 106 cm³/mol. The molecule has 0 bridgehead atoms. The SMILES string of the molecule is CCNS(=O)(=O)c1ccc(C(=O)OCC(=O)Nc2ccnn2C2CCCC2)cc1. The molecule has 156 valence electrons. The number of benzene rings is 1. The number of nitrogens with zero attached hydrogens (tertiary/aromatic N) is 2. The van der Waals surface area contributed by atoms with E-state index in [1.54, 1.807) is 23.9 Å². The Hall–Kier alpha value is -2.72. The summed E-state index contributed by atoms with van der Waals surface area (Å²) in [5.41, 5.74) is 0.157. The lowest BCUT2D eigenvalue weighted by atomic mass is 10.2. The first kappa shape index (κ1) is 21.0. The maximum atomic E-state index is 12.2. The molecule has 1 aromatic heterocycles. The molecule has 0 radical (unpaired) electrons. The Morgan fingerprint density at radius 3 is 2.52 bits per heavy atom. The van der Waals surface area contributed by atoms with E-state index in [1.165, 1.54) is 24.3 Å². The van der Waals surface area contributed by atoms with Gasteiger partial charge in [0.25, 0.3) is 5.91 Å². The maximum Gasteiger partial charge on any atom is 0.338 e. The van der Waals surface area contributed by atoms with Crippen molar-refractivity contribution in [3.8, 4) is 0 Å². The number of carbonyl (C=O) groups excluding carboxylic acids is 2. The van der Waals surface area contributed by atoms with Crippen molar-refractivity contribution in [2.45, 2.75) is 43.5 Å². The lowest BCUT2D eigenvalue weighted by molar-refractivity contribution is -0.119. The Kier molecular flexibility index (Phi) is 6.65. The van der Waals surface area contributed by atoms with Gasteiger partial charge in [-0.15, -0.1) is 0 Å². The van der Waals surface area contributed by atoms with Crippen molar-refractivity contribution in [3.63, 3.8) is 0 Å². The number of esters is 1. The Labute approximate surface area is 169 Å². The van der Waals surface area contributed by atoms with Crippen LogP contribution in [0.2, 0.25) is 0 Å². The maximum absolute atomic E-state index is 12.2. The average molecular weight is 420 g/mol. The van der Waals surface area contributed by atoms with Crippen molar-refractivity contribution in [2.75, 3.05) is 18.5 Å². The van der Waals surface area contributed by atoms with E-state index < -0.39 is 28.5 Å². The molecule has 9 nitrogen and oxygen atoms in total. The Morgan fingerprint density at radius 2 is 1.86 bits per heavy atom. The van der Waals surface area contributed by atoms with Gasteiger partial charge in [-0.05, 0) is 37.1 Å². The van der Waals surface area contributed by atoms with E-state index >= 15 is 0 Å². The van der Waals surface area contributed by atoms with Crippen LogP contribution in [0.4, 0.5) is 5.82 Å². The van der Waals surface area contributed by atoms with Crippen LogP contribution >= 0.6 is 0 Å². The third-order valence-electron chi connectivity index (χ3n) is 4.68. The molecule has 3 rings (SSSR count). The van der Waals surface area contributed by atoms with Crippen molar-refractivity contribution < 1.29 is 22.7 Å². The van der Waals surface area contributed by atoms with Crippen LogP contribution in [0.25, 0.3) is 0 Å². The molecule has 1 aliphatic rings. The number of nitrogens with one attached hydrogen (secondary N) is 2. The zero-order valence-corrected chi connectivity index (χ0v) is 16.9. The first-order valence-electron chi connectivity index (χ1n) is 9.51. The highest BCUT2D eigenvalue weighted by molar-refractivity contribution is 7.89. The first-order chi connectivity index (χ1) is 13.9. The van der Waals surface area contributed by atoms with Crippen molar-refractivity contribution in [1.29, 1.82) is 0 Å². The van der Waals surface area contributed by atoms with Crippen molar-refractivity contribution in [1.82, 2.24) is 14.5 Å². The van der Waals surface area contributed by atoms with Gasteiger partial charge in [-0.2, -0.15) is 5.10 Å². The van der Waals surface area contributed by atoms with Gasteiger partial charge < -0.3 is 10.1 Å². The average Bonchev–Trinajstić information content (AvgIpc) is 3.37. The summed E-state index contributed by atoms with van der Waals surface area (Å²) < 4.78 is 33.0. The van der Waals surface area contributed by atoms with Crippen LogP contribution in [-0.4, -0.2) is 43.2 Å². The minimum Gasteiger partial charge on any atom is -0.452 e. The van der Waals surface area contributed by atoms with Crippen molar-refractivity contribution in [3.05, 3.63) is 42.1 Å². The highest BCUT2D eigenvalue weighted by atomic mass is 32.2. The standard InChI is InChI=1S/C19H24N4O5S/c1-2-21-29(26,27)16-9-7-14(8-10-16)19(25)28-13-18(24)22-17-11-12-20-23(17)15-5-3-4-6-15/h7-12,15,21H,2-6,13H2,1H3,(H,22,24). The van der Waals surface area contributed by atoms with Crippen molar-refractivity contribution in [2.24, 2.45) is 0 Å². The van der Waals surface area contributed by atoms with E-state index in [1.807, 2.05) is 0 Å². The zero-order chi connectivity index (χ0) is 20.9. The molecule has 29 heavy (non-hydrogen) atoms. The van der Waals surface area contributed by atoms with E-state index in [2.05, 4.69) is 15.1 Å². The summed E-state index contributed by atoms with van der Waals surface area (Å²) in [7, 11) is -3.59. The normalized spacial score (nSPS) is 14.7. The third-order valence-corrected chi connectivity index (χ3v) is 6.24. The lowest BCUT2D eigenvalue weighted by Gasteiger charge is -2.14. The molecule has 1 aliphatic carbocycles. The van der Waals surface area contributed by atoms with Crippen LogP contribution in [0.3, 0.4) is 0 Å². The zero-order valence-electron chi connectivity index (χ0n) is 16.1. The minimum absolute atomic E-state index is 0.0498. The fourth-order valence-corrected chi connectivity index (χ4v) is 4.33. The van der Waals surface area contributed by atoms with Gasteiger partial charge in [0.05, 0.1) is 22.7 Å². The monoisotopic (exact) mass is 420 g/mol. The number of carbonyl (C=O) groups is 2. The van der Waals surface area contributed by atoms with Crippen molar-refractivity contribution >= 4 is 27.7 Å². The molecule has 1 heterocycles. The van der Waals surface area contributed by atoms with Gasteiger partial charge in [-0.3, -0.25) is 4.79 Å². The van der Waals surface area contributed by atoms with Crippen LogP contribution in [0.15, 0.2) is 41.4 Å². The highest BCUT2D eigenvalue weighted by Gasteiger charge is 2.21. The van der Waals surface area contributed by atoms with E-state index in [0.717, 1.165) is 25.7 Å². The summed E-state index contributed by atoms with van der Waals surface area (Å²) in [6, 6.07) is 7.31. The molecular weight excluding hydrogens is 396 g/mol. The van der Waals surface area contributed by atoms with Crippen LogP contribution in [-0.2, 0) is 19.6 Å². The number of hydrogen-bond donors (Lipinski definition) is 2. The minimum atomic E-state index is -3.59. The predicted octanol–water partition coefficient (Wildman–Crippen LogP) is 2.09. The van der Waals surface area contributed by atoms with Gasteiger partial charge in [0, 0.05) is 12.6 Å². The molecule has 1 saturated carbocycles. The third kappa shape index (κ3) is 5.21. The molecule has 1 fully saturated rings. The quantitative estimate of drug-likeness (QED) is 0.631. The molecular formula is C19H24N4O5S. The number of anilines is 1. The number of sulfonamides is 1. The highest BCUT2D eigenvalue weighted by Crippen LogP contribution is 2.31. The number of amides is 1. The lowest BCUT2D eigenvalue weighted by Crippen LogP contribution is -2.24. The van der Waals surface area contributed by atoms with E-state index in [0.29, 0.717) is 5.82 Å². The first-order valence-corrected chi connectivity index (χ1v) is 11.0. The molecule has 1 aromatic carbocycles. The largest absolute Gasteiger partial charge is 0.452 e. The molecule has 0 atom stereocenters. The second kappa shape index (κ2) is 9.19. The van der Waals surface area contributed by atoms with Gasteiger partial charge in [0.15, 0.2) is 6.61 Å². The Balaban J connectivity index is 1.54. The van der Waals surface area contributed by atoms with Gasteiger partial charge in [0.2, 0.25) is 10.0 Å². The number of hydrogen-bond acceptors (Lipinski definition) is 6.